The van der Waals surface area contributed by atoms with Crippen molar-refractivity contribution in [2.24, 2.45) is 0 Å². The van der Waals surface area contributed by atoms with E-state index in [0.717, 1.165) is 0 Å². The lowest BCUT2D eigenvalue weighted by atomic mass is 10.0. The molecule has 0 saturated heterocycles. The Labute approximate surface area is 106 Å². The fourth-order valence-corrected chi connectivity index (χ4v) is 2.60. The van der Waals surface area contributed by atoms with Crippen molar-refractivity contribution in [3.8, 4) is 0 Å². The van der Waals surface area contributed by atoms with Crippen LogP contribution < -0.4 is 0 Å². The zero-order valence-corrected chi connectivity index (χ0v) is 11.5. The second-order valence-electron chi connectivity index (χ2n) is 3.91. The molecule has 4 atom stereocenters. The quantitative estimate of drug-likeness (QED) is 0.662. The molecule has 0 spiro atoms. The molecule has 0 aliphatic carbocycles. The lowest BCUT2D eigenvalue weighted by molar-refractivity contribution is -0.0936. The molecule has 1 rings (SSSR count). The molecule has 0 radical (unpaired) electrons. The molecular weight excluding hydrogens is 263 g/mol. The highest BCUT2D eigenvalue weighted by Crippen LogP contribution is 2.47. The van der Waals surface area contributed by atoms with E-state index in [2.05, 4.69) is 4.52 Å². The van der Waals surface area contributed by atoms with Gasteiger partial charge < -0.3 is 19.8 Å². The van der Waals surface area contributed by atoms with Crippen molar-refractivity contribution in [3.05, 3.63) is 11.5 Å². The van der Waals surface area contributed by atoms with Crippen molar-refractivity contribution >= 4 is 7.82 Å². The molecule has 8 heteroatoms. The Hall–Kier alpha value is -0.590. The van der Waals surface area contributed by atoms with Crippen molar-refractivity contribution in [1.29, 1.82) is 0 Å². The Morgan fingerprint density at radius 1 is 1.33 bits per heavy atom. The second-order valence-corrected chi connectivity index (χ2v) is 5.31. The van der Waals surface area contributed by atoms with Gasteiger partial charge in [0.1, 0.15) is 6.10 Å². The van der Waals surface area contributed by atoms with Gasteiger partial charge in [-0.05, 0) is 20.3 Å². The summed E-state index contributed by atoms with van der Waals surface area (Å²) in [6.07, 6.45) is -2.08. The van der Waals surface area contributed by atoms with Gasteiger partial charge in [-0.15, -0.1) is 0 Å². The highest BCUT2D eigenvalue weighted by molar-refractivity contribution is 7.47. The van der Waals surface area contributed by atoms with E-state index in [1.165, 1.54) is 6.92 Å². The Kier molecular flexibility index (Phi) is 5.19. The zero-order valence-electron chi connectivity index (χ0n) is 10.6. The van der Waals surface area contributed by atoms with Crippen LogP contribution in [-0.4, -0.2) is 40.0 Å². The van der Waals surface area contributed by atoms with E-state index in [4.69, 9.17) is 9.26 Å². The lowest BCUT2D eigenvalue weighted by Gasteiger charge is -2.34. The van der Waals surface area contributed by atoms with E-state index in [1.54, 1.807) is 13.8 Å². The van der Waals surface area contributed by atoms with E-state index in [0.29, 0.717) is 6.42 Å². The number of ether oxygens (including phenoxy) is 1. The maximum Gasteiger partial charge on any atom is 0.472 e. The average molecular weight is 282 g/mol. The van der Waals surface area contributed by atoms with Crippen LogP contribution in [0.25, 0.3) is 0 Å². The SMILES string of the molecule is CCOP(=O)(O)O[C@H]1C(O)=C(O)[C@@H](C)OC1CC. The van der Waals surface area contributed by atoms with Crippen LogP contribution >= 0.6 is 7.82 Å². The highest BCUT2D eigenvalue weighted by Gasteiger charge is 2.41. The first-order valence-electron chi connectivity index (χ1n) is 5.75. The third-order valence-corrected chi connectivity index (χ3v) is 3.65. The predicted octanol–water partition coefficient (Wildman–Crippen LogP) is 2.03. The monoisotopic (exact) mass is 282 g/mol. The lowest BCUT2D eigenvalue weighted by Crippen LogP contribution is -2.41. The number of phosphoric ester groups is 1. The molecule has 0 bridgehead atoms. The maximum absolute atomic E-state index is 11.5. The van der Waals surface area contributed by atoms with Gasteiger partial charge in [0.2, 0.25) is 0 Å². The van der Waals surface area contributed by atoms with Gasteiger partial charge >= 0.3 is 7.82 Å². The summed E-state index contributed by atoms with van der Waals surface area (Å²) in [6, 6.07) is 0. The molecule has 0 saturated carbocycles. The molecule has 106 valence electrons. The van der Waals surface area contributed by atoms with Crippen molar-refractivity contribution in [2.45, 2.75) is 45.5 Å². The fraction of sp³-hybridized carbons (Fsp3) is 0.800. The summed E-state index contributed by atoms with van der Waals surface area (Å²) in [4.78, 5) is 9.39. The van der Waals surface area contributed by atoms with Gasteiger partial charge in [0.05, 0.1) is 12.7 Å². The smallest absolute Gasteiger partial charge is 0.472 e. The van der Waals surface area contributed by atoms with Gasteiger partial charge in [0.15, 0.2) is 17.6 Å². The molecule has 1 aliphatic rings. The molecule has 0 amide bonds. The number of phosphoric acid groups is 1. The fourth-order valence-electron chi connectivity index (χ4n) is 1.69. The van der Waals surface area contributed by atoms with E-state index < -0.39 is 37.7 Å². The van der Waals surface area contributed by atoms with E-state index in [9.17, 15) is 19.7 Å². The Balaban J connectivity index is 2.93. The number of aliphatic hydroxyl groups excluding tert-OH is 2. The normalized spacial score (nSPS) is 32.3. The molecule has 0 aromatic heterocycles. The second kappa shape index (κ2) is 6.04. The minimum Gasteiger partial charge on any atom is -0.506 e. The summed E-state index contributed by atoms with van der Waals surface area (Å²) in [5, 5.41) is 19.3. The third-order valence-electron chi connectivity index (χ3n) is 2.57. The van der Waals surface area contributed by atoms with Crippen molar-refractivity contribution in [3.63, 3.8) is 0 Å². The van der Waals surface area contributed by atoms with Gasteiger partial charge in [0.25, 0.3) is 0 Å². The van der Waals surface area contributed by atoms with Crippen LogP contribution in [0.5, 0.6) is 0 Å². The molecule has 3 N–H and O–H groups in total. The van der Waals surface area contributed by atoms with Crippen molar-refractivity contribution in [2.75, 3.05) is 6.61 Å². The molecule has 0 fully saturated rings. The van der Waals surface area contributed by atoms with Crippen LogP contribution in [0.15, 0.2) is 11.5 Å². The van der Waals surface area contributed by atoms with Crippen LogP contribution in [0, 0.1) is 0 Å². The molecule has 1 heterocycles. The Morgan fingerprint density at radius 2 is 1.94 bits per heavy atom. The Bertz CT molecular complexity index is 367. The van der Waals surface area contributed by atoms with Crippen LogP contribution in [0.3, 0.4) is 0 Å². The topological polar surface area (TPSA) is 105 Å². The summed E-state index contributed by atoms with van der Waals surface area (Å²) < 4.78 is 26.3. The van der Waals surface area contributed by atoms with E-state index in [1.807, 2.05) is 0 Å². The van der Waals surface area contributed by atoms with Gasteiger partial charge in [-0.1, -0.05) is 6.92 Å². The van der Waals surface area contributed by atoms with E-state index in [-0.39, 0.29) is 6.61 Å². The summed E-state index contributed by atoms with van der Waals surface area (Å²) >= 11 is 0. The number of hydrogen-bond donors (Lipinski definition) is 3. The Morgan fingerprint density at radius 3 is 2.44 bits per heavy atom. The molecule has 1 aliphatic heterocycles. The minimum atomic E-state index is -4.28. The van der Waals surface area contributed by atoms with Crippen LogP contribution in [0.1, 0.15) is 27.2 Å². The zero-order chi connectivity index (χ0) is 13.9. The molecule has 2 unspecified atom stereocenters. The van der Waals surface area contributed by atoms with Gasteiger partial charge in [-0.25, -0.2) is 4.57 Å². The largest absolute Gasteiger partial charge is 0.506 e. The number of rotatable bonds is 5. The van der Waals surface area contributed by atoms with Crippen LogP contribution in [0.2, 0.25) is 0 Å². The minimum absolute atomic E-state index is 0.00892. The van der Waals surface area contributed by atoms with Gasteiger partial charge in [-0.2, -0.15) is 0 Å². The number of hydrogen-bond acceptors (Lipinski definition) is 6. The van der Waals surface area contributed by atoms with Crippen molar-refractivity contribution < 1.29 is 33.5 Å². The first-order valence-corrected chi connectivity index (χ1v) is 7.25. The standard InChI is InChI=1S/C10H19O7P/c1-4-7-10(17-18(13,14)15-5-2)9(12)8(11)6(3)16-7/h6-7,10-12H,4-5H2,1-3H3,(H,13,14)/t6-,7?,10-/m1/s1. The first kappa shape index (κ1) is 15.5. The number of aliphatic hydroxyl groups is 2. The third kappa shape index (κ3) is 3.46. The van der Waals surface area contributed by atoms with Crippen LogP contribution in [-0.2, 0) is 18.3 Å². The van der Waals surface area contributed by atoms with Crippen molar-refractivity contribution in [1.82, 2.24) is 0 Å². The van der Waals surface area contributed by atoms with Gasteiger partial charge in [0, 0.05) is 0 Å². The molecular formula is C10H19O7P. The van der Waals surface area contributed by atoms with Crippen LogP contribution in [0.4, 0.5) is 0 Å². The summed E-state index contributed by atoms with van der Waals surface area (Å²) in [5.41, 5.74) is 0. The molecule has 0 aromatic rings. The molecule has 0 aromatic carbocycles. The average Bonchev–Trinajstić information content (AvgIpc) is 2.29. The summed E-state index contributed by atoms with van der Waals surface area (Å²) in [7, 11) is -4.28. The molecule has 18 heavy (non-hydrogen) atoms. The maximum atomic E-state index is 11.5. The summed E-state index contributed by atoms with van der Waals surface area (Å²) in [6.45, 7) is 4.86. The van der Waals surface area contributed by atoms with Gasteiger partial charge in [-0.3, -0.25) is 9.05 Å². The predicted molar refractivity (Wildman–Crippen MR) is 63.2 cm³/mol. The van der Waals surface area contributed by atoms with E-state index >= 15 is 0 Å². The first-order chi connectivity index (χ1) is 8.32. The summed E-state index contributed by atoms with van der Waals surface area (Å²) in [5.74, 6) is -0.893. The molecule has 7 nitrogen and oxygen atoms in total. The highest BCUT2D eigenvalue weighted by atomic mass is 31.2.